The van der Waals surface area contributed by atoms with E-state index in [4.69, 9.17) is 16.3 Å². The highest BCUT2D eigenvalue weighted by atomic mass is 35.5. The molecule has 0 saturated carbocycles. The molecule has 0 spiro atoms. The lowest BCUT2D eigenvalue weighted by molar-refractivity contribution is -0.385. The van der Waals surface area contributed by atoms with E-state index in [-0.39, 0.29) is 22.9 Å². The van der Waals surface area contributed by atoms with Crippen molar-refractivity contribution < 1.29 is 14.5 Å². The van der Waals surface area contributed by atoms with Crippen LogP contribution in [-0.4, -0.2) is 15.9 Å². The lowest BCUT2D eigenvalue weighted by atomic mass is 10.2. The van der Waals surface area contributed by atoms with Gasteiger partial charge in [-0.3, -0.25) is 10.1 Å². The Bertz CT molecular complexity index is 893. The molecule has 0 atom stereocenters. The first-order valence-corrected chi connectivity index (χ1v) is 8.82. The van der Waals surface area contributed by atoms with Gasteiger partial charge in [-0.25, -0.2) is 9.78 Å². The molecular formula is C15H9ClN2O4S2. The molecule has 0 unspecified atom stereocenters. The zero-order valence-corrected chi connectivity index (χ0v) is 14.4. The first-order valence-electron chi connectivity index (χ1n) is 6.62. The highest BCUT2D eigenvalue weighted by Crippen LogP contribution is 2.27. The first kappa shape index (κ1) is 16.6. The maximum absolute atomic E-state index is 12.1. The number of hydrogen-bond donors (Lipinski definition) is 0. The molecule has 2 aromatic heterocycles. The molecular weight excluding hydrogens is 372 g/mol. The first-order chi connectivity index (χ1) is 11.5. The topological polar surface area (TPSA) is 82.3 Å². The Morgan fingerprint density at radius 2 is 2.17 bits per heavy atom. The standard InChI is InChI=1S/C15H9ClN2O4S2/c16-10-1-2-12(13(5-10)18(20)21)15(19)22-6-11-8-24-14(17-11)9-3-4-23-7-9/h1-5,7-8H,6H2. The van der Waals surface area contributed by atoms with Crippen molar-refractivity contribution in [2.45, 2.75) is 6.61 Å². The van der Waals surface area contributed by atoms with Crippen LogP contribution in [0.4, 0.5) is 5.69 Å². The van der Waals surface area contributed by atoms with Crippen molar-refractivity contribution >= 4 is 45.9 Å². The molecule has 24 heavy (non-hydrogen) atoms. The maximum atomic E-state index is 12.1. The third kappa shape index (κ3) is 3.61. The molecule has 9 heteroatoms. The van der Waals surface area contributed by atoms with Crippen LogP contribution in [0, 0.1) is 10.1 Å². The largest absolute Gasteiger partial charge is 0.455 e. The number of thiophene rings is 1. The van der Waals surface area contributed by atoms with Crippen LogP contribution in [0.2, 0.25) is 5.02 Å². The van der Waals surface area contributed by atoms with Crippen LogP contribution in [0.15, 0.2) is 40.4 Å². The van der Waals surface area contributed by atoms with Crippen LogP contribution in [0.25, 0.3) is 10.6 Å². The van der Waals surface area contributed by atoms with Gasteiger partial charge in [-0.05, 0) is 23.6 Å². The number of carbonyl (C=O) groups is 1. The summed E-state index contributed by atoms with van der Waals surface area (Å²) in [6.45, 7) is -0.0563. The van der Waals surface area contributed by atoms with Gasteiger partial charge in [-0.15, -0.1) is 11.3 Å². The number of esters is 1. The number of hydrogen-bond acceptors (Lipinski definition) is 7. The second-order valence-electron chi connectivity index (χ2n) is 4.65. The number of halogens is 1. The average Bonchev–Trinajstić information content (AvgIpc) is 3.23. The van der Waals surface area contributed by atoms with Crippen molar-refractivity contribution in [2.75, 3.05) is 0 Å². The molecule has 6 nitrogen and oxygen atoms in total. The van der Waals surface area contributed by atoms with Crippen molar-refractivity contribution in [1.29, 1.82) is 0 Å². The molecule has 0 aliphatic carbocycles. The van der Waals surface area contributed by atoms with E-state index in [0.29, 0.717) is 5.69 Å². The number of rotatable bonds is 5. The van der Waals surface area contributed by atoms with Gasteiger partial charge in [0.1, 0.15) is 17.2 Å². The Kier molecular flexibility index (Phi) is 4.89. The van der Waals surface area contributed by atoms with Gasteiger partial charge in [0.05, 0.1) is 10.6 Å². The van der Waals surface area contributed by atoms with Gasteiger partial charge in [0.2, 0.25) is 0 Å². The van der Waals surface area contributed by atoms with Gasteiger partial charge < -0.3 is 4.74 Å². The SMILES string of the molecule is O=C(OCc1csc(-c2ccsc2)n1)c1ccc(Cl)cc1[N+](=O)[O-]. The highest BCUT2D eigenvalue weighted by molar-refractivity contribution is 7.14. The van der Waals surface area contributed by atoms with Gasteiger partial charge in [-0.2, -0.15) is 11.3 Å². The fourth-order valence-corrected chi connectivity index (χ4v) is 3.62. The van der Waals surface area contributed by atoms with Gasteiger partial charge >= 0.3 is 5.97 Å². The molecule has 0 bridgehead atoms. The summed E-state index contributed by atoms with van der Waals surface area (Å²) in [4.78, 5) is 26.8. The van der Waals surface area contributed by atoms with Crippen LogP contribution in [-0.2, 0) is 11.3 Å². The molecule has 0 aliphatic rings. The number of nitro groups is 1. The summed E-state index contributed by atoms with van der Waals surface area (Å²) >= 11 is 8.74. The van der Waals surface area contributed by atoms with Crippen molar-refractivity contribution in [3.05, 3.63) is 66.8 Å². The predicted molar refractivity (Wildman–Crippen MR) is 92.7 cm³/mol. The van der Waals surface area contributed by atoms with Crippen LogP contribution in [0.5, 0.6) is 0 Å². The number of carbonyl (C=O) groups excluding carboxylic acids is 1. The van der Waals surface area contributed by atoms with Crippen LogP contribution in [0.3, 0.4) is 0 Å². The summed E-state index contributed by atoms with van der Waals surface area (Å²) in [5.41, 5.74) is 1.07. The zero-order valence-electron chi connectivity index (χ0n) is 12.0. The summed E-state index contributed by atoms with van der Waals surface area (Å²) in [5.74, 6) is -0.788. The molecule has 3 aromatic rings. The molecule has 122 valence electrons. The van der Waals surface area contributed by atoms with E-state index in [9.17, 15) is 14.9 Å². The fourth-order valence-electron chi connectivity index (χ4n) is 1.94. The van der Waals surface area contributed by atoms with E-state index >= 15 is 0 Å². The molecule has 3 rings (SSSR count). The monoisotopic (exact) mass is 380 g/mol. The molecule has 0 saturated heterocycles. The molecule has 0 N–H and O–H groups in total. The third-order valence-corrected chi connectivity index (χ3v) is 4.91. The number of ether oxygens (including phenoxy) is 1. The molecule has 2 heterocycles. The summed E-state index contributed by atoms with van der Waals surface area (Å²) in [6, 6.07) is 5.76. The molecule has 1 aromatic carbocycles. The van der Waals surface area contributed by atoms with Gasteiger partial charge in [0.15, 0.2) is 0 Å². The average molecular weight is 381 g/mol. The van der Waals surface area contributed by atoms with E-state index in [1.54, 1.807) is 16.7 Å². The minimum Gasteiger partial charge on any atom is -0.455 e. The van der Waals surface area contributed by atoms with Crippen molar-refractivity contribution in [2.24, 2.45) is 0 Å². The maximum Gasteiger partial charge on any atom is 0.345 e. The Labute approximate surface area is 149 Å². The number of benzene rings is 1. The molecule has 0 amide bonds. The molecule has 0 aliphatic heterocycles. The number of nitrogens with zero attached hydrogens (tertiary/aromatic N) is 2. The normalized spacial score (nSPS) is 10.5. The summed E-state index contributed by atoms with van der Waals surface area (Å²) in [7, 11) is 0. The van der Waals surface area contributed by atoms with E-state index < -0.39 is 10.9 Å². The van der Waals surface area contributed by atoms with E-state index in [1.807, 2.05) is 16.8 Å². The Balaban J connectivity index is 1.71. The van der Waals surface area contributed by atoms with E-state index in [1.165, 1.54) is 23.5 Å². The van der Waals surface area contributed by atoms with Crippen LogP contribution < -0.4 is 0 Å². The second-order valence-corrected chi connectivity index (χ2v) is 6.73. The van der Waals surface area contributed by atoms with Crippen molar-refractivity contribution in [3.8, 4) is 10.6 Å². The second kappa shape index (κ2) is 7.08. The van der Waals surface area contributed by atoms with Gasteiger partial charge in [0, 0.05) is 27.4 Å². The highest BCUT2D eigenvalue weighted by Gasteiger charge is 2.22. The Hall–Kier alpha value is -2.29. The summed E-state index contributed by atoms with van der Waals surface area (Å²) < 4.78 is 5.14. The van der Waals surface area contributed by atoms with Gasteiger partial charge in [0.25, 0.3) is 5.69 Å². The quantitative estimate of drug-likeness (QED) is 0.361. The third-order valence-electron chi connectivity index (χ3n) is 3.05. The van der Waals surface area contributed by atoms with Crippen LogP contribution in [0.1, 0.15) is 16.1 Å². The smallest absolute Gasteiger partial charge is 0.345 e. The minimum absolute atomic E-state index is 0.0563. The summed E-state index contributed by atoms with van der Waals surface area (Å²) in [5, 5.41) is 17.7. The number of nitro benzene ring substituents is 1. The lowest BCUT2D eigenvalue weighted by Crippen LogP contribution is -2.08. The van der Waals surface area contributed by atoms with Crippen LogP contribution >= 0.6 is 34.3 Å². The number of thiazole rings is 1. The Morgan fingerprint density at radius 1 is 1.33 bits per heavy atom. The fraction of sp³-hybridized carbons (Fsp3) is 0.0667. The van der Waals surface area contributed by atoms with Crippen molar-refractivity contribution in [1.82, 2.24) is 4.98 Å². The lowest BCUT2D eigenvalue weighted by Gasteiger charge is -2.04. The summed E-state index contributed by atoms with van der Waals surface area (Å²) in [6.07, 6.45) is 0. The van der Waals surface area contributed by atoms with Crippen molar-refractivity contribution in [3.63, 3.8) is 0 Å². The predicted octanol–water partition coefficient (Wildman–Crippen LogP) is 4.79. The van der Waals surface area contributed by atoms with Gasteiger partial charge in [-0.1, -0.05) is 11.6 Å². The van der Waals surface area contributed by atoms with E-state index in [0.717, 1.165) is 16.6 Å². The van der Waals surface area contributed by atoms with E-state index in [2.05, 4.69) is 4.98 Å². The Morgan fingerprint density at radius 3 is 2.88 bits per heavy atom. The zero-order chi connectivity index (χ0) is 17.1. The molecule has 0 radical (unpaired) electrons. The minimum atomic E-state index is -0.788. The molecule has 0 fully saturated rings. The number of aromatic nitrogens is 1.